The van der Waals surface area contributed by atoms with E-state index < -0.39 is 11.6 Å². The zero-order valence-electron chi connectivity index (χ0n) is 23.6. The van der Waals surface area contributed by atoms with E-state index in [0.29, 0.717) is 32.7 Å². The van der Waals surface area contributed by atoms with Crippen molar-refractivity contribution in [3.63, 3.8) is 0 Å². The first-order valence-electron chi connectivity index (χ1n) is 13.6. The molecule has 0 saturated carbocycles. The molecule has 2 aromatic rings. The van der Waals surface area contributed by atoms with Gasteiger partial charge in [-0.05, 0) is 97.3 Å². The summed E-state index contributed by atoms with van der Waals surface area (Å²) in [6.07, 6.45) is 3.90. The summed E-state index contributed by atoms with van der Waals surface area (Å²) in [5.74, 6) is 0.331. The molecule has 1 aliphatic heterocycles. The van der Waals surface area contributed by atoms with Crippen LogP contribution in [0.4, 0.5) is 9.18 Å². The van der Waals surface area contributed by atoms with E-state index in [0.717, 1.165) is 47.0 Å². The lowest BCUT2D eigenvalue weighted by molar-refractivity contribution is -0.137. The van der Waals surface area contributed by atoms with Crippen LogP contribution in [-0.2, 0) is 28.9 Å². The Kier molecular flexibility index (Phi) is 9.21. The van der Waals surface area contributed by atoms with Crippen molar-refractivity contribution < 1.29 is 23.5 Å². The van der Waals surface area contributed by atoms with E-state index in [2.05, 4.69) is 26.9 Å². The van der Waals surface area contributed by atoms with Gasteiger partial charge in [-0.15, -0.1) is 0 Å². The third-order valence-corrected chi connectivity index (χ3v) is 7.98. The van der Waals surface area contributed by atoms with Crippen molar-refractivity contribution in [3.8, 4) is 5.75 Å². The van der Waals surface area contributed by atoms with Gasteiger partial charge in [-0.1, -0.05) is 12.1 Å². The molecule has 1 atom stereocenters. The second-order valence-corrected chi connectivity index (χ2v) is 12.2. The molecule has 1 fully saturated rings. The predicted octanol–water partition coefficient (Wildman–Crippen LogP) is 5.73. The maximum absolute atomic E-state index is 14.1. The van der Waals surface area contributed by atoms with Gasteiger partial charge >= 0.3 is 6.09 Å². The van der Waals surface area contributed by atoms with Crippen LogP contribution in [-0.4, -0.2) is 72.6 Å². The number of carbonyl (C=O) groups is 2. The molecule has 0 radical (unpaired) electrons. The molecule has 0 aromatic heterocycles. The van der Waals surface area contributed by atoms with Gasteiger partial charge in [-0.3, -0.25) is 9.69 Å². The molecule has 0 N–H and O–H groups in total. The normalized spacial score (nSPS) is 16.8. The molecule has 1 saturated heterocycles. The molecule has 4 rings (SSSR count). The van der Waals surface area contributed by atoms with Gasteiger partial charge in [0, 0.05) is 45.3 Å². The highest BCUT2D eigenvalue weighted by atomic mass is 79.9. The number of ether oxygens (including phenoxy) is 2. The lowest BCUT2D eigenvalue weighted by Gasteiger charge is -2.40. The summed E-state index contributed by atoms with van der Waals surface area (Å²) in [5, 5.41) is 0. The minimum atomic E-state index is -0.606. The van der Waals surface area contributed by atoms with Gasteiger partial charge in [0.05, 0.1) is 11.6 Å². The minimum Gasteiger partial charge on any atom is -0.495 e. The molecule has 2 amide bonds. The summed E-state index contributed by atoms with van der Waals surface area (Å²) in [6, 6.07) is 7.66. The number of hydrogen-bond donors (Lipinski definition) is 0. The lowest BCUT2D eigenvalue weighted by Crippen LogP contribution is -2.53. The number of nitrogens with zero attached hydrogens (tertiary/aromatic N) is 3. The van der Waals surface area contributed by atoms with Crippen LogP contribution in [0.3, 0.4) is 0 Å². The van der Waals surface area contributed by atoms with Crippen molar-refractivity contribution in [1.29, 1.82) is 0 Å². The summed E-state index contributed by atoms with van der Waals surface area (Å²) < 4.78 is 26.0. The molecule has 212 valence electrons. The molecule has 2 aromatic carbocycles. The number of benzene rings is 2. The molecular weight excluding hydrogens is 565 g/mol. The minimum absolute atomic E-state index is 0.0843. The van der Waals surface area contributed by atoms with Crippen LogP contribution >= 0.6 is 15.9 Å². The van der Waals surface area contributed by atoms with Crippen molar-refractivity contribution in [3.05, 3.63) is 62.9 Å². The van der Waals surface area contributed by atoms with E-state index in [1.54, 1.807) is 29.0 Å². The Balaban J connectivity index is 1.58. The molecular formula is C30H39BrFN3O4. The smallest absolute Gasteiger partial charge is 0.410 e. The Hall–Kier alpha value is -2.65. The summed E-state index contributed by atoms with van der Waals surface area (Å²) in [5.41, 5.74) is 3.76. The van der Waals surface area contributed by atoms with E-state index in [1.807, 2.05) is 27.8 Å². The van der Waals surface area contributed by atoms with Gasteiger partial charge in [0.2, 0.25) is 5.91 Å². The number of amides is 2. The fourth-order valence-electron chi connectivity index (χ4n) is 5.49. The summed E-state index contributed by atoms with van der Waals surface area (Å²) in [7, 11) is 3.47. The highest BCUT2D eigenvalue weighted by molar-refractivity contribution is 9.10. The Morgan fingerprint density at radius 2 is 1.72 bits per heavy atom. The zero-order valence-corrected chi connectivity index (χ0v) is 25.1. The van der Waals surface area contributed by atoms with Gasteiger partial charge < -0.3 is 19.3 Å². The van der Waals surface area contributed by atoms with Crippen LogP contribution in [0.25, 0.3) is 0 Å². The molecule has 1 aliphatic carbocycles. The van der Waals surface area contributed by atoms with Crippen molar-refractivity contribution in [2.75, 3.05) is 40.3 Å². The Morgan fingerprint density at radius 1 is 1.08 bits per heavy atom. The Labute approximate surface area is 239 Å². The third-order valence-electron chi connectivity index (χ3n) is 7.39. The number of hydrogen-bond acceptors (Lipinski definition) is 5. The maximum Gasteiger partial charge on any atom is 0.410 e. The third kappa shape index (κ3) is 6.92. The van der Waals surface area contributed by atoms with E-state index in [9.17, 15) is 14.0 Å². The predicted molar refractivity (Wildman–Crippen MR) is 152 cm³/mol. The number of fused-ring (bicyclic) bond motifs is 1. The lowest BCUT2D eigenvalue weighted by atomic mass is 9.87. The number of methoxy groups -OCH3 is 1. The monoisotopic (exact) mass is 603 g/mol. The number of piperazine rings is 1. The molecule has 2 aliphatic rings. The van der Waals surface area contributed by atoms with Gasteiger partial charge in [0.1, 0.15) is 23.2 Å². The van der Waals surface area contributed by atoms with Crippen LogP contribution in [0.1, 0.15) is 61.9 Å². The summed E-state index contributed by atoms with van der Waals surface area (Å²) >= 11 is 3.67. The average molecular weight is 605 g/mol. The van der Waals surface area contributed by atoms with E-state index in [1.165, 1.54) is 23.3 Å². The molecule has 0 spiro atoms. The second-order valence-electron chi connectivity index (χ2n) is 11.4. The van der Waals surface area contributed by atoms with Crippen LogP contribution < -0.4 is 4.74 Å². The number of aryl methyl sites for hydroxylation is 1. The van der Waals surface area contributed by atoms with Crippen LogP contribution in [0, 0.1) is 5.82 Å². The van der Waals surface area contributed by atoms with Crippen molar-refractivity contribution in [2.24, 2.45) is 0 Å². The zero-order chi connectivity index (χ0) is 28.3. The van der Waals surface area contributed by atoms with Crippen molar-refractivity contribution in [1.82, 2.24) is 14.7 Å². The van der Waals surface area contributed by atoms with Gasteiger partial charge in [-0.2, -0.15) is 0 Å². The van der Waals surface area contributed by atoms with Crippen LogP contribution in [0.2, 0.25) is 0 Å². The SMILES string of the molecule is COc1c(Br)cc2c(c1CN(C)C(=O)C(c1ccc(F)cc1)N1CCN(C(=O)OC(C)(C)C)CC1)CCCC2. The molecule has 7 nitrogen and oxygen atoms in total. The number of rotatable bonds is 6. The molecule has 1 heterocycles. The highest BCUT2D eigenvalue weighted by Gasteiger charge is 2.35. The van der Waals surface area contributed by atoms with Crippen molar-refractivity contribution >= 4 is 27.9 Å². The van der Waals surface area contributed by atoms with E-state index >= 15 is 0 Å². The Morgan fingerprint density at radius 3 is 2.33 bits per heavy atom. The standard InChI is InChI=1S/C30H39BrFN3O4/c1-30(2,3)39-29(37)35-16-14-34(15-17-35)26(20-10-12-22(32)13-11-20)28(36)33(4)19-24-23-9-7-6-8-21(23)18-25(31)27(24)38-5/h10-13,18,26H,6-9,14-17,19H2,1-5H3. The Bertz CT molecular complexity index is 1190. The fourth-order valence-corrected chi connectivity index (χ4v) is 6.17. The average Bonchev–Trinajstić information content (AvgIpc) is 2.89. The number of carbonyl (C=O) groups excluding carboxylic acids is 2. The number of halogens is 2. The topological polar surface area (TPSA) is 62.3 Å². The largest absolute Gasteiger partial charge is 0.495 e. The maximum atomic E-state index is 14.1. The van der Waals surface area contributed by atoms with Crippen LogP contribution in [0.5, 0.6) is 5.75 Å². The van der Waals surface area contributed by atoms with E-state index in [-0.39, 0.29) is 17.8 Å². The molecule has 0 bridgehead atoms. The van der Waals surface area contributed by atoms with Gasteiger partial charge in [0.25, 0.3) is 0 Å². The first-order chi connectivity index (χ1) is 18.5. The van der Waals surface area contributed by atoms with Gasteiger partial charge in [0.15, 0.2) is 0 Å². The first kappa shape index (κ1) is 29.3. The number of likely N-dealkylation sites (N-methyl/N-ethyl adjacent to an activating group) is 1. The van der Waals surface area contributed by atoms with Crippen LogP contribution in [0.15, 0.2) is 34.8 Å². The quantitative estimate of drug-likeness (QED) is 0.422. The van der Waals surface area contributed by atoms with Gasteiger partial charge in [-0.25, -0.2) is 9.18 Å². The van der Waals surface area contributed by atoms with E-state index in [4.69, 9.17) is 9.47 Å². The molecule has 39 heavy (non-hydrogen) atoms. The molecule has 9 heteroatoms. The van der Waals surface area contributed by atoms with Crippen molar-refractivity contribution in [2.45, 2.75) is 64.6 Å². The summed E-state index contributed by atoms with van der Waals surface area (Å²) in [6.45, 7) is 7.81. The first-order valence-corrected chi connectivity index (χ1v) is 14.4. The molecule has 1 unspecified atom stereocenters. The fraction of sp³-hybridized carbons (Fsp3) is 0.533. The highest BCUT2D eigenvalue weighted by Crippen LogP contribution is 2.38. The summed E-state index contributed by atoms with van der Waals surface area (Å²) in [4.78, 5) is 32.2. The second kappa shape index (κ2) is 12.3.